The molecular formula is C15H17Br2NO2. The molecule has 3 rings (SSSR count). The fourth-order valence-corrected chi connectivity index (χ4v) is 5.42. The first kappa shape index (κ1) is 14.4. The van der Waals surface area contributed by atoms with E-state index in [2.05, 4.69) is 38.8 Å². The molecule has 0 spiro atoms. The van der Waals surface area contributed by atoms with Gasteiger partial charge in [-0.1, -0.05) is 50.9 Å². The molecule has 2 aliphatic rings. The third kappa shape index (κ3) is 2.29. The Morgan fingerprint density at radius 3 is 2.60 bits per heavy atom. The van der Waals surface area contributed by atoms with Crippen LogP contribution in [0.2, 0.25) is 0 Å². The van der Waals surface area contributed by atoms with Gasteiger partial charge >= 0.3 is 0 Å². The molecule has 1 aromatic carbocycles. The van der Waals surface area contributed by atoms with Gasteiger partial charge in [0.25, 0.3) is 0 Å². The molecular weight excluding hydrogens is 386 g/mol. The van der Waals surface area contributed by atoms with Crippen LogP contribution >= 0.6 is 31.9 Å². The van der Waals surface area contributed by atoms with Crippen LogP contribution in [0.4, 0.5) is 0 Å². The zero-order valence-electron chi connectivity index (χ0n) is 11.5. The summed E-state index contributed by atoms with van der Waals surface area (Å²) in [6.07, 6.45) is 0.635. The molecule has 1 saturated heterocycles. The number of nitrogens with zero attached hydrogens (tertiary/aromatic N) is 1. The lowest BCUT2D eigenvalue weighted by molar-refractivity contribution is -0.136. The molecule has 1 saturated carbocycles. The number of rotatable bonds is 3. The van der Waals surface area contributed by atoms with Crippen LogP contribution in [-0.4, -0.2) is 27.2 Å². The second-order valence-electron chi connectivity index (χ2n) is 5.70. The molecule has 1 amide bonds. The fraction of sp³-hybridized carbons (Fsp3) is 0.533. The quantitative estimate of drug-likeness (QED) is 0.723. The van der Waals surface area contributed by atoms with Gasteiger partial charge in [-0.15, -0.1) is 0 Å². The number of hydrogen-bond acceptors (Lipinski definition) is 2. The van der Waals surface area contributed by atoms with E-state index in [9.17, 15) is 4.79 Å². The van der Waals surface area contributed by atoms with Crippen LogP contribution in [0.1, 0.15) is 18.9 Å². The lowest BCUT2D eigenvalue weighted by atomic mass is 9.97. The van der Waals surface area contributed by atoms with Crippen molar-refractivity contribution < 1.29 is 9.53 Å². The Bertz CT molecular complexity index is 529. The zero-order chi connectivity index (χ0) is 14.5. The van der Waals surface area contributed by atoms with Crippen molar-refractivity contribution in [1.82, 2.24) is 4.90 Å². The molecule has 2 fully saturated rings. The van der Waals surface area contributed by atoms with Crippen molar-refractivity contribution in [3.63, 3.8) is 0 Å². The summed E-state index contributed by atoms with van der Waals surface area (Å²) in [5.41, 5.74) is 1.13. The topological polar surface area (TPSA) is 29.5 Å². The summed E-state index contributed by atoms with van der Waals surface area (Å²) < 4.78 is 5.06. The summed E-state index contributed by atoms with van der Waals surface area (Å²) in [5.74, 6) is 2.01. The first-order valence-corrected chi connectivity index (χ1v) is 8.34. The van der Waals surface area contributed by atoms with Gasteiger partial charge in [0.2, 0.25) is 5.91 Å². The number of carbonyl (C=O) groups is 1. The maximum Gasteiger partial charge on any atom is 0.223 e. The highest BCUT2D eigenvalue weighted by atomic mass is 79.9. The Balaban J connectivity index is 1.77. The summed E-state index contributed by atoms with van der Waals surface area (Å²) in [7, 11) is 1.66. The van der Waals surface area contributed by atoms with E-state index in [1.807, 2.05) is 29.2 Å². The maximum atomic E-state index is 12.3. The molecule has 20 heavy (non-hydrogen) atoms. The molecule has 3 atom stereocenters. The Hall–Kier alpha value is -0.550. The van der Waals surface area contributed by atoms with E-state index < -0.39 is 0 Å². The highest BCUT2D eigenvalue weighted by molar-refractivity contribution is 9.25. The Morgan fingerprint density at radius 1 is 1.35 bits per heavy atom. The van der Waals surface area contributed by atoms with Gasteiger partial charge in [-0.05, 0) is 23.6 Å². The van der Waals surface area contributed by atoms with E-state index >= 15 is 0 Å². The summed E-state index contributed by atoms with van der Waals surface area (Å²) in [6, 6.07) is 8.16. The minimum Gasteiger partial charge on any atom is -0.497 e. The molecule has 1 heterocycles. The number of benzene rings is 1. The number of ether oxygens (including phenoxy) is 1. The first-order valence-electron chi connectivity index (χ1n) is 6.75. The average molecular weight is 403 g/mol. The molecule has 3 nitrogen and oxygen atoms in total. The predicted octanol–water partition coefficient (Wildman–Crippen LogP) is 3.55. The predicted molar refractivity (Wildman–Crippen MR) is 85.2 cm³/mol. The minimum atomic E-state index is -0.0992. The van der Waals surface area contributed by atoms with Crippen LogP contribution in [0.25, 0.3) is 0 Å². The number of amides is 1. The first-order chi connectivity index (χ1) is 9.45. The molecule has 5 heteroatoms. The largest absolute Gasteiger partial charge is 0.497 e. The number of hydrogen-bond donors (Lipinski definition) is 0. The molecule has 1 aliphatic heterocycles. The van der Waals surface area contributed by atoms with E-state index in [0.29, 0.717) is 24.8 Å². The van der Waals surface area contributed by atoms with E-state index in [-0.39, 0.29) is 15.2 Å². The number of methoxy groups -OCH3 is 1. The van der Waals surface area contributed by atoms with E-state index in [1.165, 1.54) is 0 Å². The van der Waals surface area contributed by atoms with Gasteiger partial charge in [0, 0.05) is 18.9 Å². The van der Waals surface area contributed by atoms with E-state index in [4.69, 9.17) is 4.74 Å². The van der Waals surface area contributed by atoms with Crippen LogP contribution in [0.15, 0.2) is 24.3 Å². The number of carbonyl (C=O) groups excluding carboxylic acids is 1. The molecule has 1 aromatic rings. The number of alkyl halides is 2. The molecule has 1 aliphatic carbocycles. The molecule has 0 bridgehead atoms. The van der Waals surface area contributed by atoms with Gasteiger partial charge in [0.05, 0.1) is 13.2 Å². The second-order valence-corrected chi connectivity index (χ2v) is 9.38. The van der Waals surface area contributed by atoms with Crippen molar-refractivity contribution in [1.29, 1.82) is 0 Å². The van der Waals surface area contributed by atoms with E-state index in [1.54, 1.807) is 7.11 Å². The molecule has 0 N–H and O–H groups in total. The normalized spacial score (nSPS) is 30.9. The third-order valence-electron chi connectivity index (χ3n) is 4.35. The number of fused-ring (bicyclic) bond motifs is 1. The smallest absolute Gasteiger partial charge is 0.223 e. The SMILES string of the molecule is COc1ccc(CN2C(=O)C[C@H](C)[C@@H]3[C@H]2C3(Br)Br)cc1. The average Bonchev–Trinajstić information content (AvgIpc) is 2.99. The van der Waals surface area contributed by atoms with Crippen LogP contribution in [0, 0.1) is 11.8 Å². The van der Waals surface area contributed by atoms with Gasteiger partial charge in [-0.2, -0.15) is 0 Å². The maximum absolute atomic E-state index is 12.3. The van der Waals surface area contributed by atoms with Gasteiger partial charge in [-0.3, -0.25) is 4.79 Å². The monoisotopic (exact) mass is 401 g/mol. The second kappa shape index (κ2) is 5.02. The van der Waals surface area contributed by atoms with Gasteiger partial charge in [-0.25, -0.2) is 0 Å². The summed E-state index contributed by atoms with van der Waals surface area (Å²) in [5, 5.41) is 0. The number of piperidine rings is 1. The molecule has 0 radical (unpaired) electrons. The fourth-order valence-electron chi connectivity index (χ4n) is 3.21. The molecule has 0 aromatic heterocycles. The lowest BCUT2D eigenvalue weighted by Gasteiger charge is -2.29. The van der Waals surface area contributed by atoms with Crippen molar-refractivity contribution in [3.8, 4) is 5.75 Å². The van der Waals surface area contributed by atoms with Crippen LogP contribution in [-0.2, 0) is 11.3 Å². The Labute approximate surface area is 135 Å². The van der Waals surface area contributed by atoms with E-state index in [0.717, 1.165) is 11.3 Å². The van der Waals surface area contributed by atoms with Crippen molar-refractivity contribution in [2.45, 2.75) is 29.2 Å². The van der Waals surface area contributed by atoms with Crippen molar-refractivity contribution >= 4 is 37.8 Å². The van der Waals surface area contributed by atoms with Gasteiger partial charge in [0.15, 0.2) is 0 Å². The van der Waals surface area contributed by atoms with Gasteiger partial charge in [0.1, 0.15) is 8.98 Å². The highest BCUT2D eigenvalue weighted by Gasteiger charge is 2.69. The highest BCUT2D eigenvalue weighted by Crippen LogP contribution is 2.64. The van der Waals surface area contributed by atoms with Crippen molar-refractivity contribution in [2.24, 2.45) is 11.8 Å². The number of likely N-dealkylation sites (tertiary alicyclic amines) is 1. The summed E-state index contributed by atoms with van der Waals surface area (Å²) in [4.78, 5) is 14.3. The van der Waals surface area contributed by atoms with Crippen LogP contribution < -0.4 is 4.74 Å². The third-order valence-corrected chi connectivity index (χ3v) is 6.34. The van der Waals surface area contributed by atoms with Crippen molar-refractivity contribution in [2.75, 3.05) is 7.11 Å². The lowest BCUT2D eigenvalue weighted by Crippen LogP contribution is -2.39. The number of halogens is 2. The Kier molecular flexibility index (Phi) is 3.61. The molecule has 0 unspecified atom stereocenters. The van der Waals surface area contributed by atoms with Crippen LogP contribution in [0.5, 0.6) is 5.75 Å². The summed E-state index contributed by atoms with van der Waals surface area (Å²) >= 11 is 7.45. The standard InChI is InChI=1S/C15H17Br2NO2/c1-9-7-12(19)18(14-13(9)15(14,16)17)8-10-3-5-11(20-2)6-4-10/h3-6,9,13-14H,7-8H2,1-2H3/t9-,13+,14-/m0/s1. The zero-order valence-corrected chi connectivity index (χ0v) is 14.6. The van der Waals surface area contributed by atoms with Crippen LogP contribution in [0.3, 0.4) is 0 Å². The van der Waals surface area contributed by atoms with Gasteiger partial charge < -0.3 is 9.64 Å². The Morgan fingerprint density at radius 2 is 2.00 bits per heavy atom. The summed E-state index contributed by atoms with van der Waals surface area (Å²) in [6.45, 7) is 2.82. The van der Waals surface area contributed by atoms with Crippen molar-refractivity contribution in [3.05, 3.63) is 29.8 Å². The minimum absolute atomic E-state index is 0.0992. The molecule has 108 valence electrons.